The van der Waals surface area contributed by atoms with E-state index < -0.39 is 6.04 Å². The second-order valence-corrected chi connectivity index (χ2v) is 5.20. The monoisotopic (exact) mass is 349 g/mol. The summed E-state index contributed by atoms with van der Waals surface area (Å²) in [7, 11) is 1.54. The lowest BCUT2D eigenvalue weighted by Crippen LogP contribution is -2.39. The first kappa shape index (κ1) is 21.1. The van der Waals surface area contributed by atoms with E-state index in [-0.39, 0.29) is 37.3 Å². The van der Waals surface area contributed by atoms with Crippen LogP contribution in [0.4, 0.5) is 5.69 Å². The molecule has 2 rings (SSSR count). The number of benzene rings is 1. The lowest BCUT2D eigenvalue weighted by atomic mass is 10.1. The highest BCUT2D eigenvalue weighted by atomic mass is 35.5. The number of ether oxygens (including phenoxy) is 1. The summed E-state index contributed by atoms with van der Waals surface area (Å²) in [6.45, 7) is 5.32. The van der Waals surface area contributed by atoms with Crippen molar-refractivity contribution in [1.82, 2.24) is 4.90 Å². The molecule has 0 aromatic heterocycles. The zero-order valence-corrected chi connectivity index (χ0v) is 14.6. The van der Waals surface area contributed by atoms with Gasteiger partial charge in [0, 0.05) is 25.9 Å². The number of halogens is 2. The van der Waals surface area contributed by atoms with Crippen molar-refractivity contribution in [3.8, 4) is 0 Å². The van der Waals surface area contributed by atoms with Gasteiger partial charge in [-0.3, -0.25) is 9.69 Å². The molecule has 0 radical (unpaired) electrons. The predicted octanol–water partition coefficient (Wildman–Crippen LogP) is 2.17. The topological polar surface area (TPSA) is 67.6 Å². The second-order valence-electron chi connectivity index (χ2n) is 5.20. The average molecular weight is 350 g/mol. The summed E-state index contributed by atoms with van der Waals surface area (Å²) in [4.78, 5) is 14.4. The molecule has 0 bridgehead atoms. The van der Waals surface area contributed by atoms with Gasteiger partial charge in [-0.05, 0) is 30.2 Å². The molecule has 0 fully saturated rings. The number of carbonyl (C=O) groups excluding carboxylic acids is 1. The van der Waals surface area contributed by atoms with Crippen molar-refractivity contribution in [3.05, 3.63) is 29.3 Å². The summed E-state index contributed by atoms with van der Waals surface area (Å²) >= 11 is 0. The van der Waals surface area contributed by atoms with Crippen molar-refractivity contribution in [2.24, 2.45) is 5.73 Å². The highest BCUT2D eigenvalue weighted by Gasteiger charge is 2.22. The van der Waals surface area contributed by atoms with E-state index in [1.807, 2.05) is 12.1 Å². The number of methoxy groups -OCH3 is 1. The Bertz CT molecular complexity index is 486. The lowest BCUT2D eigenvalue weighted by molar-refractivity contribution is -0.118. The molecule has 1 heterocycles. The molecule has 0 aliphatic carbocycles. The SMILES string of the molecule is CCCN1Cc2cccc(NC(=O)C(N)COC)c2C1.Cl.Cl. The van der Waals surface area contributed by atoms with Crippen LogP contribution >= 0.6 is 24.8 Å². The summed E-state index contributed by atoms with van der Waals surface area (Å²) in [5.74, 6) is -0.200. The van der Waals surface area contributed by atoms with Gasteiger partial charge >= 0.3 is 0 Å². The lowest BCUT2D eigenvalue weighted by Gasteiger charge is -2.15. The van der Waals surface area contributed by atoms with Crippen molar-refractivity contribution >= 4 is 36.4 Å². The van der Waals surface area contributed by atoms with Crippen LogP contribution in [0.3, 0.4) is 0 Å². The van der Waals surface area contributed by atoms with Crippen molar-refractivity contribution in [2.45, 2.75) is 32.5 Å². The van der Waals surface area contributed by atoms with E-state index in [1.54, 1.807) is 0 Å². The zero-order chi connectivity index (χ0) is 14.5. The summed E-state index contributed by atoms with van der Waals surface area (Å²) in [5, 5.41) is 2.92. The predicted molar refractivity (Wildman–Crippen MR) is 93.8 cm³/mol. The molecule has 0 spiro atoms. The van der Waals surface area contributed by atoms with Gasteiger partial charge in [-0.1, -0.05) is 19.1 Å². The molecule has 1 atom stereocenters. The maximum atomic E-state index is 12.0. The fourth-order valence-corrected chi connectivity index (χ4v) is 2.56. The molecule has 126 valence electrons. The molecule has 22 heavy (non-hydrogen) atoms. The number of fused-ring (bicyclic) bond motifs is 1. The average Bonchev–Trinajstić information content (AvgIpc) is 2.83. The van der Waals surface area contributed by atoms with Gasteiger partial charge in [-0.2, -0.15) is 0 Å². The molecule has 1 aromatic rings. The maximum absolute atomic E-state index is 12.0. The number of carbonyl (C=O) groups is 1. The van der Waals surface area contributed by atoms with Crippen molar-refractivity contribution < 1.29 is 9.53 Å². The molecule has 7 heteroatoms. The fraction of sp³-hybridized carbons (Fsp3) is 0.533. The van der Waals surface area contributed by atoms with Gasteiger partial charge in [-0.15, -0.1) is 24.8 Å². The van der Waals surface area contributed by atoms with Gasteiger partial charge in [0.2, 0.25) is 5.91 Å². The van der Waals surface area contributed by atoms with Crippen molar-refractivity contribution in [2.75, 3.05) is 25.6 Å². The number of nitrogens with one attached hydrogen (secondary N) is 1. The minimum atomic E-state index is -0.635. The Labute approximate surface area is 144 Å². The smallest absolute Gasteiger partial charge is 0.243 e. The molecule has 1 aliphatic heterocycles. The number of nitrogens with two attached hydrogens (primary N) is 1. The van der Waals surface area contributed by atoms with E-state index in [0.717, 1.165) is 31.7 Å². The molecule has 3 N–H and O–H groups in total. The van der Waals surface area contributed by atoms with Crippen LogP contribution in [0.5, 0.6) is 0 Å². The second kappa shape index (κ2) is 10.0. The third-order valence-electron chi connectivity index (χ3n) is 3.53. The Hall–Kier alpha value is -0.850. The maximum Gasteiger partial charge on any atom is 0.243 e. The van der Waals surface area contributed by atoms with Gasteiger partial charge in [0.05, 0.1) is 6.61 Å². The van der Waals surface area contributed by atoms with Crippen molar-refractivity contribution in [3.63, 3.8) is 0 Å². The van der Waals surface area contributed by atoms with Crippen molar-refractivity contribution in [1.29, 1.82) is 0 Å². The van der Waals surface area contributed by atoms with Crippen LogP contribution in [0.2, 0.25) is 0 Å². The summed E-state index contributed by atoms with van der Waals surface area (Å²) in [5.41, 5.74) is 9.12. The largest absolute Gasteiger partial charge is 0.383 e. The van der Waals surface area contributed by atoms with Gasteiger partial charge < -0.3 is 15.8 Å². The summed E-state index contributed by atoms with van der Waals surface area (Å²) < 4.78 is 4.91. The minimum absolute atomic E-state index is 0. The number of hydrogen-bond acceptors (Lipinski definition) is 4. The Morgan fingerprint density at radius 1 is 1.41 bits per heavy atom. The quantitative estimate of drug-likeness (QED) is 0.825. The molecule has 1 aromatic carbocycles. The van der Waals surface area contributed by atoms with Gasteiger partial charge in [-0.25, -0.2) is 0 Å². The normalized spacial score (nSPS) is 14.5. The first-order chi connectivity index (χ1) is 9.65. The fourth-order valence-electron chi connectivity index (χ4n) is 2.56. The molecule has 0 saturated carbocycles. The minimum Gasteiger partial charge on any atom is -0.383 e. The first-order valence-electron chi connectivity index (χ1n) is 7.04. The first-order valence-corrected chi connectivity index (χ1v) is 7.04. The van der Waals surface area contributed by atoms with Crippen LogP contribution in [0.1, 0.15) is 24.5 Å². The van der Waals surface area contributed by atoms with E-state index in [4.69, 9.17) is 10.5 Å². The third kappa shape index (κ3) is 5.11. The molecule has 1 unspecified atom stereocenters. The zero-order valence-electron chi connectivity index (χ0n) is 13.0. The standard InChI is InChI=1S/C15H23N3O2.2ClH/c1-3-7-18-8-11-5-4-6-14(12(11)9-18)17-15(19)13(16)10-20-2;;/h4-6,13H,3,7-10,16H2,1-2H3,(H,17,19);2*1H. The van der Waals surface area contributed by atoms with E-state index in [1.165, 1.54) is 18.2 Å². The van der Waals surface area contributed by atoms with Crippen LogP contribution in [0, 0.1) is 0 Å². The van der Waals surface area contributed by atoms with E-state index >= 15 is 0 Å². The van der Waals surface area contributed by atoms with Crippen LogP contribution < -0.4 is 11.1 Å². The highest BCUT2D eigenvalue weighted by molar-refractivity contribution is 5.95. The van der Waals surface area contributed by atoms with Gasteiger partial charge in [0.15, 0.2) is 0 Å². The van der Waals surface area contributed by atoms with Gasteiger partial charge in [0.25, 0.3) is 0 Å². The van der Waals surface area contributed by atoms with Crippen LogP contribution in [0.15, 0.2) is 18.2 Å². The Kier molecular flexibility index (Phi) is 9.64. The van der Waals surface area contributed by atoms with Crippen LogP contribution in [-0.2, 0) is 22.6 Å². The van der Waals surface area contributed by atoms with Gasteiger partial charge in [0.1, 0.15) is 6.04 Å². The van der Waals surface area contributed by atoms with E-state index in [2.05, 4.69) is 23.2 Å². The van der Waals surface area contributed by atoms with Crippen LogP contribution in [-0.4, -0.2) is 37.1 Å². The van der Waals surface area contributed by atoms with E-state index in [0.29, 0.717) is 0 Å². The summed E-state index contributed by atoms with van der Waals surface area (Å²) in [6.07, 6.45) is 1.13. The molecule has 1 amide bonds. The Balaban J connectivity index is 0.00000220. The molecule has 0 saturated heterocycles. The molecular formula is C15H25Cl2N3O2. The molecular weight excluding hydrogens is 325 g/mol. The Morgan fingerprint density at radius 2 is 2.14 bits per heavy atom. The number of amides is 1. The van der Waals surface area contributed by atoms with Crippen LogP contribution in [0.25, 0.3) is 0 Å². The Morgan fingerprint density at radius 3 is 2.77 bits per heavy atom. The third-order valence-corrected chi connectivity index (χ3v) is 3.53. The number of rotatable bonds is 6. The molecule has 5 nitrogen and oxygen atoms in total. The molecule has 1 aliphatic rings. The summed E-state index contributed by atoms with van der Waals surface area (Å²) in [6, 6.07) is 5.40. The van der Waals surface area contributed by atoms with E-state index in [9.17, 15) is 4.79 Å². The number of anilines is 1. The number of hydrogen-bond donors (Lipinski definition) is 2. The highest BCUT2D eigenvalue weighted by Crippen LogP contribution is 2.29. The number of nitrogens with zero attached hydrogens (tertiary/aromatic N) is 1.